The lowest BCUT2D eigenvalue weighted by molar-refractivity contribution is -0.136. The van der Waals surface area contributed by atoms with Crippen LogP contribution in [0.2, 0.25) is 0 Å². The molecule has 0 fully saturated rings. The van der Waals surface area contributed by atoms with Crippen LogP contribution in [0, 0.1) is 5.92 Å². The van der Waals surface area contributed by atoms with Crippen LogP contribution in [0.15, 0.2) is 59.7 Å². The Labute approximate surface area is 208 Å². The molecular formula is C27H27N3O6. The summed E-state index contributed by atoms with van der Waals surface area (Å²) in [4.78, 5) is 45.0. The number of nitrogens with zero attached hydrogens (tertiary/aromatic N) is 3. The summed E-state index contributed by atoms with van der Waals surface area (Å²) in [6, 6.07) is 12.7. The SMILES string of the molecule is COC(=O)c1c(OCc2cccnc2)cc(=O)n2c1CCN(C(=O)[C@H]1COc3ccccc3C1)CC2. The standard InChI is InChI=1S/C27H27N3O6/c1-34-27(33)25-21-8-10-29(26(32)20-13-19-6-2-3-7-22(19)36-17-20)11-12-30(21)24(31)14-23(25)35-16-18-5-4-9-28-15-18/h2-7,9,14-15,20H,8,10-13,16-17H2,1H3/t20-/m1/s1. The molecule has 4 heterocycles. The van der Waals surface area contributed by atoms with Crippen molar-refractivity contribution in [2.75, 3.05) is 26.8 Å². The van der Waals surface area contributed by atoms with E-state index in [1.54, 1.807) is 27.9 Å². The highest BCUT2D eigenvalue weighted by atomic mass is 16.5. The van der Waals surface area contributed by atoms with Crippen molar-refractivity contribution in [1.29, 1.82) is 0 Å². The molecule has 2 aliphatic rings. The number of carbonyl (C=O) groups excluding carboxylic acids is 2. The van der Waals surface area contributed by atoms with Gasteiger partial charge in [0, 0.05) is 55.8 Å². The van der Waals surface area contributed by atoms with Crippen LogP contribution in [0.3, 0.4) is 0 Å². The summed E-state index contributed by atoms with van der Waals surface area (Å²) in [7, 11) is 1.29. The lowest BCUT2D eigenvalue weighted by Gasteiger charge is -2.29. The molecule has 186 valence electrons. The molecule has 5 rings (SSSR count). The molecule has 36 heavy (non-hydrogen) atoms. The van der Waals surface area contributed by atoms with Crippen molar-refractivity contribution < 1.29 is 23.8 Å². The van der Waals surface area contributed by atoms with Crippen molar-refractivity contribution in [2.45, 2.75) is 26.0 Å². The van der Waals surface area contributed by atoms with E-state index in [2.05, 4.69) is 4.98 Å². The first-order chi connectivity index (χ1) is 17.5. The molecule has 1 aromatic carbocycles. The molecule has 1 amide bonds. The van der Waals surface area contributed by atoms with Gasteiger partial charge in [0.1, 0.15) is 30.3 Å². The summed E-state index contributed by atoms with van der Waals surface area (Å²) in [5.41, 5.74) is 2.25. The first kappa shape index (κ1) is 23.6. The normalized spacial score (nSPS) is 16.7. The van der Waals surface area contributed by atoms with E-state index in [1.165, 1.54) is 13.2 Å². The number of hydrogen-bond donors (Lipinski definition) is 0. The Bertz CT molecular complexity index is 1340. The average Bonchev–Trinajstić information content (AvgIpc) is 3.15. The summed E-state index contributed by atoms with van der Waals surface area (Å²) in [5, 5.41) is 0. The van der Waals surface area contributed by atoms with Crippen LogP contribution in [0.5, 0.6) is 11.5 Å². The maximum Gasteiger partial charge on any atom is 0.343 e. The number of ether oxygens (including phenoxy) is 3. The molecule has 9 nitrogen and oxygen atoms in total. The van der Waals surface area contributed by atoms with Crippen molar-refractivity contribution >= 4 is 11.9 Å². The lowest BCUT2D eigenvalue weighted by Crippen LogP contribution is -2.42. The van der Waals surface area contributed by atoms with Crippen molar-refractivity contribution in [3.63, 3.8) is 0 Å². The van der Waals surface area contributed by atoms with Crippen LogP contribution in [0.4, 0.5) is 0 Å². The average molecular weight is 490 g/mol. The maximum atomic E-state index is 13.4. The molecule has 0 bridgehead atoms. The van der Waals surface area contributed by atoms with Gasteiger partial charge in [0.25, 0.3) is 5.56 Å². The third kappa shape index (κ3) is 4.68. The highest BCUT2D eigenvalue weighted by Crippen LogP contribution is 2.29. The molecule has 0 saturated heterocycles. The quantitative estimate of drug-likeness (QED) is 0.507. The smallest absolute Gasteiger partial charge is 0.343 e. The van der Waals surface area contributed by atoms with Gasteiger partial charge in [0.15, 0.2) is 0 Å². The summed E-state index contributed by atoms with van der Waals surface area (Å²) in [6.07, 6.45) is 4.24. The van der Waals surface area contributed by atoms with Crippen LogP contribution < -0.4 is 15.0 Å². The summed E-state index contributed by atoms with van der Waals surface area (Å²) in [6.45, 7) is 1.47. The van der Waals surface area contributed by atoms with Crippen molar-refractivity contribution in [3.8, 4) is 11.5 Å². The van der Waals surface area contributed by atoms with Gasteiger partial charge in [-0.3, -0.25) is 14.6 Å². The van der Waals surface area contributed by atoms with Gasteiger partial charge >= 0.3 is 5.97 Å². The summed E-state index contributed by atoms with van der Waals surface area (Å²) < 4.78 is 18.3. The van der Waals surface area contributed by atoms with E-state index in [4.69, 9.17) is 14.2 Å². The number of esters is 1. The topological polar surface area (TPSA) is 100.0 Å². The Morgan fingerprint density at radius 1 is 1.14 bits per heavy atom. The number of fused-ring (bicyclic) bond motifs is 2. The van der Waals surface area contributed by atoms with E-state index in [9.17, 15) is 14.4 Å². The van der Waals surface area contributed by atoms with Gasteiger partial charge in [-0.05, 0) is 24.1 Å². The van der Waals surface area contributed by atoms with Crippen LogP contribution >= 0.6 is 0 Å². The highest BCUT2D eigenvalue weighted by molar-refractivity contribution is 5.93. The molecule has 0 spiro atoms. The number of para-hydroxylation sites is 1. The minimum absolute atomic E-state index is 0.0157. The van der Waals surface area contributed by atoms with Gasteiger partial charge in [-0.15, -0.1) is 0 Å². The van der Waals surface area contributed by atoms with Crippen LogP contribution in [0.1, 0.15) is 27.2 Å². The van der Waals surface area contributed by atoms with Crippen molar-refractivity contribution in [3.05, 3.63) is 87.6 Å². The van der Waals surface area contributed by atoms with E-state index in [0.29, 0.717) is 38.2 Å². The predicted octanol–water partition coefficient (Wildman–Crippen LogP) is 2.24. The molecule has 2 aromatic heterocycles. The van der Waals surface area contributed by atoms with Crippen LogP contribution in [0.25, 0.3) is 0 Å². The van der Waals surface area contributed by atoms with Crippen LogP contribution in [-0.4, -0.2) is 53.1 Å². The first-order valence-corrected chi connectivity index (χ1v) is 11.9. The molecule has 1 atom stereocenters. The number of carbonyl (C=O) groups is 2. The van der Waals surface area contributed by atoms with E-state index in [-0.39, 0.29) is 41.8 Å². The molecule has 3 aromatic rings. The Hall–Kier alpha value is -4.14. The fourth-order valence-electron chi connectivity index (χ4n) is 4.80. The third-order valence-corrected chi connectivity index (χ3v) is 6.64. The zero-order valence-electron chi connectivity index (χ0n) is 20.0. The molecular weight excluding hydrogens is 462 g/mol. The van der Waals surface area contributed by atoms with E-state index in [1.807, 2.05) is 30.3 Å². The monoisotopic (exact) mass is 489 g/mol. The summed E-state index contributed by atoms with van der Waals surface area (Å²) in [5.74, 6) is 0.0863. The van der Waals surface area contributed by atoms with Crippen molar-refractivity contribution in [2.24, 2.45) is 5.92 Å². The Kier molecular flexibility index (Phi) is 6.71. The maximum absolute atomic E-state index is 13.4. The minimum Gasteiger partial charge on any atom is -0.492 e. The minimum atomic E-state index is -0.586. The second kappa shape index (κ2) is 10.2. The number of benzene rings is 1. The van der Waals surface area contributed by atoms with Crippen molar-refractivity contribution in [1.82, 2.24) is 14.5 Å². The molecule has 0 unspecified atom stereocenters. The fraction of sp³-hybridized carbons (Fsp3) is 0.333. The first-order valence-electron chi connectivity index (χ1n) is 11.9. The Morgan fingerprint density at radius 2 is 2.00 bits per heavy atom. The van der Waals surface area contributed by atoms with Crippen LogP contribution in [-0.2, 0) is 35.5 Å². The van der Waals surface area contributed by atoms with E-state index in [0.717, 1.165) is 16.9 Å². The number of hydrogen-bond acceptors (Lipinski definition) is 7. The van der Waals surface area contributed by atoms with Gasteiger partial charge in [0.2, 0.25) is 5.91 Å². The largest absolute Gasteiger partial charge is 0.492 e. The van der Waals surface area contributed by atoms with Gasteiger partial charge < -0.3 is 23.7 Å². The molecule has 0 saturated carbocycles. The van der Waals surface area contributed by atoms with Gasteiger partial charge in [-0.2, -0.15) is 0 Å². The fourth-order valence-corrected chi connectivity index (χ4v) is 4.80. The Morgan fingerprint density at radius 3 is 2.81 bits per heavy atom. The Balaban J connectivity index is 1.38. The molecule has 0 N–H and O–H groups in total. The number of pyridine rings is 2. The lowest BCUT2D eigenvalue weighted by atomic mass is 9.95. The number of rotatable bonds is 5. The predicted molar refractivity (Wildman–Crippen MR) is 130 cm³/mol. The third-order valence-electron chi connectivity index (χ3n) is 6.64. The zero-order valence-corrected chi connectivity index (χ0v) is 20.0. The second-order valence-electron chi connectivity index (χ2n) is 8.86. The highest BCUT2D eigenvalue weighted by Gasteiger charge is 2.32. The molecule has 0 radical (unpaired) electrons. The number of methoxy groups -OCH3 is 1. The van der Waals surface area contributed by atoms with Gasteiger partial charge in [0.05, 0.1) is 13.0 Å². The number of aromatic nitrogens is 2. The second-order valence-corrected chi connectivity index (χ2v) is 8.86. The van der Waals surface area contributed by atoms with Gasteiger partial charge in [-0.25, -0.2) is 4.79 Å². The van der Waals surface area contributed by atoms with E-state index >= 15 is 0 Å². The van der Waals surface area contributed by atoms with E-state index < -0.39 is 5.97 Å². The van der Waals surface area contributed by atoms with Gasteiger partial charge in [-0.1, -0.05) is 24.3 Å². The molecule has 2 aliphatic heterocycles. The molecule has 9 heteroatoms. The molecule has 0 aliphatic carbocycles. The number of amides is 1. The summed E-state index contributed by atoms with van der Waals surface area (Å²) >= 11 is 0. The zero-order chi connectivity index (χ0) is 25.1.